The number of hydrogen-bond acceptors (Lipinski definition) is 6. The van der Waals surface area contributed by atoms with Crippen LogP contribution in [0.2, 0.25) is 0 Å². The van der Waals surface area contributed by atoms with Gasteiger partial charge in [-0.05, 0) is 25.9 Å². The summed E-state index contributed by atoms with van der Waals surface area (Å²) in [6, 6.07) is 1.80. The summed E-state index contributed by atoms with van der Waals surface area (Å²) in [5.41, 5.74) is 2.50. The molecule has 0 amide bonds. The number of nitrogens with one attached hydrogen (secondary N) is 2. The molecule has 0 aromatic carbocycles. The maximum atomic E-state index is 5.28. The highest BCUT2D eigenvalue weighted by Gasteiger charge is 2.18. The van der Waals surface area contributed by atoms with Crippen LogP contribution < -0.4 is 16.6 Å². The molecule has 1 aromatic heterocycles. The Morgan fingerprint density at radius 3 is 3.00 bits per heavy atom. The Labute approximate surface area is 95.2 Å². The summed E-state index contributed by atoms with van der Waals surface area (Å²) in [6.07, 6.45) is 2.74. The van der Waals surface area contributed by atoms with Gasteiger partial charge < -0.3 is 15.6 Å². The minimum atomic E-state index is 0.626. The Bertz CT molecular complexity index is 342. The molecule has 1 atom stereocenters. The lowest BCUT2D eigenvalue weighted by molar-refractivity contribution is 0.399. The van der Waals surface area contributed by atoms with Crippen LogP contribution in [0.3, 0.4) is 0 Å². The fourth-order valence-electron chi connectivity index (χ4n) is 1.97. The highest BCUT2D eigenvalue weighted by atomic mass is 15.3. The third kappa shape index (κ3) is 2.80. The monoisotopic (exact) mass is 222 g/mol. The highest BCUT2D eigenvalue weighted by molar-refractivity contribution is 5.45. The largest absolute Gasteiger partial charge is 0.370 e. The van der Waals surface area contributed by atoms with E-state index in [-0.39, 0.29) is 0 Å². The third-order valence-corrected chi connectivity index (χ3v) is 2.88. The van der Waals surface area contributed by atoms with Crippen LogP contribution in [-0.2, 0) is 0 Å². The molecule has 0 spiro atoms. The van der Waals surface area contributed by atoms with Crippen molar-refractivity contribution in [3.63, 3.8) is 0 Å². The zero-order chi connectivity index (χ0) is 11.4. The SMILES string of the molecule is CN1CCC(CNc2cc(NN)ncn2)C1. The summed E-state index contributed by atoms with van der Waals surface area (Å²) >= 11 is 0. The van der Waals surface area contributed by atoms with E-state index in [0.29, 0.717) is 11.7 Å². The molecule has 6 nitrogen and oxygen atoms in total. The first-order chi connectivity index (χ1) is 7.78. The number of nitrogens with two attached hydrogens (primary N) is 1. The Morgan fingerprint density at radius 2 is 2.31 bits per heavy atom. The summed E-state index contributed by atoms with van der Waals surface area (Å²) < 4.78 is 0. The van der Waals surface area contributed by atoms with Gasteiger partial charge in [0.05, 0.1) is 0 Å². The first-order valence-electron chi connectivity index (χ1n) is 5.49. The molecule has 0 bridgehead atoms. The van der Waals surface area contributed by atoms with Crippen molar-refractivity contribution in [1.82, 2.24) is 14.9 Å². The van der Waals surface area contributed by atoms with Crippen molar-refractivity contribution >= 4 is 11.6 Å². The van der Waals surface area contributed by atoms with Gasteiger partial charge in [0.1, 0.15) is 18.0 Å². The topological polar surface area (TPSA) is 79.1 Å². The normalized spacial score (nSPS) is 21.0. The van der Waals surface area contributed by atoms with Crippen molar-refractivity contribution in [1.29, 1.82) is 0 Å². The lowest BCUT2D eigenvalue weighted by Crippen LogP contribution is -2.19. The van der Waals surface area contributed by atoms with Crippen LogP contribution in [0.25, 0.3) is 0 Å². The predicted octanol–water partition coefficient (Wildman–Crippen LogP) is 0.126. The van der Waals surface area contributed by atoms with Crippen LogP contribution in [-0.4, -0.2) is 41.5 Å². The molecule has 16 heavy (non-hydrogen) atoms. The fourth-order valence-corrected chi connectivity index (χ4v) is 1.97. The van der Waals surface area contributed by atoms with Gasteiger partial charge in [-0.15, -0.1) is 0 Å². The zero-order valence-electron chi connectivity index (χ0n) is 9.48. The van der Waals surface area contributed by atoms with Gasteiger partial charge in [-0.3, -0.25) is 0 Å². The minimum absolute atomic E-state index is 0.626. The molecule has 1 aliphatic rings. The molecule has 0 saturated carbocycles. The van der Waals surface area contributed by atoms with Gasteiger partial charge in [-0.2, -0.15) is 0 Å². The maximum Gasteiger partial charge on any atom is 0.145 e. The molecule has 0 radical (unpaired) electrons. The number of hydrazine groups is 1. The van der Waals surface area contributed by atoms with Crippen LogP contribution in [0.5, 0.6) is 0 Å². The minimum Gasteiger partial charge on any atom is -0.370 e. The quantitative estimate of drug-likeness (QED) is 0.496. The van der Waals surface area contributed by atoms with Crippen molar-refractivity contribution in [3.05, 3.63) is 12.4 Å². The Morgan fingerprint density at radius 1 is 1.50 bits per heavy atom. The summed E-state index contributed by atoms with van der Waals surface area (Å²) in [6.45, 7) is 3.29. The van der Waals surface area contributed by atoms with Gasteiger partial charge in [-0.1, -0.05) is 0 Å². The highest BCUT2D eigenvalue weighted by Crippen LogP contribution is 2.15. The molecular formula is C10H18N6. The van der Waals surface area contributed by atoms with E-state index in [1.807, 2.05) is 0 Å². The number of rotatable bonds is 4. The predicted molar refractivity (Wildman–Crippen MR) is 63.9 cm³/mol. The molecule has 4 N–H and O–H groups in total. The molecule has 6 heteroatoms. The van der Waals surface area contributed by atoms with Gasteiger partial charge in [0.25, 0.3) is 0 Å². The second-order valence-electron chi connectivity index (χ2n) is 4.23. The van der Waals surface area contributed by atoms with Gasteiger partial charge in [0.2, 0.25) is 0 Å². The van der Waals surface area contributed by atoms with E-state index >= 15 is 0 Å². The first kappa shape index (κ1) is 11.1. The Hall–Kier alpha value is -1.40. The average molecular weight is 222 g/mol. The van der Waals surface area contributed by atoms with Gasteiger partial charge in [0.15, 0.2) is 0 Å². The second kappa shape index (κ2) is 5.09. The van der Waals surface area contributed by atoms with E-state index in [9.17, 15) is 0 Å². The average Bonchev–Trinajstić information content (AvgIpc) is 2.73. The molecule has 0 aliphatic carbocycles. The summed E-state index contributed by atoms with van der Waals surface area (Å²) in [7, 11) is 2.15. The van der Waals surface area contributed by atoms with Crippen molar-refractivity contribution in [2.24, 2.45) is 11.8 Å². The molecule has 1 aromatic rings. The van der Waals surface area contributed by atoms with Gasteiger partial charge in [-0.25, -0.2) is 15.8 Å². The number of nitrogens with zero attached hydrogens (tertiary/aromatic N) is 3. The lowest BCUT2D eigenvalue weighted by Gasteiger charge is -2.12. The number of aromatic nitrogens is 2. The lowest BCUT2D eigenvalue weighted by atomic mass is 10.1. The van der Waals surface area contributed by atoms with Crippen molar-refractivity contribution in [3.8, 4) is 0 Å². The van der Waals surface area contributed by atoms with E-state index in [2.05, 4.69) is 32.7 Å². The van der Waals surface area contributed by atoms with Crippen LogP contribution in [0, 0.1) is 5.92 Å². The maximum absolute atomic E-state index is 5.28. The van der Waals surface area contributed by atoms with Crippen LogP contribution in [0.4, 0.5) is 11.6 Å². The molecular weight excluding hydrogens is 204 g/mol. The molecule has 2 rings (SSSR count). The number of anilines is 2. The van der Waals surface area contributed by atoms with E-state index < -0.39 is 0 Å². The second-order valence-corrected chi connectivity index (χ2v) is 4.23. The number of hydrogen-bond donors (Lipinski definition) is 3. The van der Waals surface area contributed by atoms with Crippen molar-refractivity contribution in [2.75, 3.05) is 37.4 Å². The molecule has 2 heterocycles. The Kier molecular flexibility index (Phi) is 3.53. The molecule has 1 aliphatic heterocycles. The smallest absolute Gasteiger partial charge is 0.145 e. The van der Waals surface area contributed by atoms with E-state index in [1.165, 1.54) is 19.3 Å². The summed E-state index contributed by atoms with van der Waals surface area (Å²) in [4.78, 5) is 10.4. The van der Waals surface area contributed by atoms with Gasteiger partial charge >= 0.3 is 0 Å². The third-order valence-electron chi connectivity index (χ3n) is 2.88. The molecule has 88 valence electrons. The number of likely N-dealkylation sites (tertiary alicyclic amines) is 1. The van der Waals surface area contributed by atoms with Crippen LogP contribution in [0.15, 0.2) is 12.4 Å². The summed E-state index contributed by atoms with van der Waals surface area (Å²) in [5.74, 6) is 7.43. The van der Waals surface area contributed by atoms with Crippen molar-refractivity contribution in [2.45, 2.75) is 6.42 Å². The Balaban J connectivity index is 1.84. The van der Waals surface area contributed by atoms with E-state index in [1.54, 1.807) is 6.07 Å². The van der Waals surface area contributed by atoms with Crippen molar-refractivity contribution < 1.29 is 0 Å². The first-order valence-corrected chi connectivity index (χ1v) is 5.49. The standard InChI is InChI=1S/C10H18N6/c1-16-3-2-8(6-16)5-12-9-4-10(15-11)14-7-13-9/h4,7-8H,2-3,5-6,11H2,1H3,(H2,12,13,14,15). The fraction of sp³-hybridized carbons (Fsp3) is 0.600. The summed E-state index contributed by atoms with van der Waals surface area (Å²) in [5, 5.41) is 3.31. The van der Waals surface area contributed by atoms with Gasteiger partial charge in [0, 0.05) is 19.2 Å². The van der Waals surface area contributed by atoms with E-state index in [0.717, 1.165) is 18.9 Å². The van der Waals surface area contributed by atoms with Crippen LogP contribution in [0.1, 0.15) is 6.42 Å². The number of nitrogen functional groups attached to an aromatic ring is 1. The molecule has 1 saturated heterocycles. The van der Waals surface area contributed by atoms with Crippen LogP contribution >= 0.6 is 0 Å². The van der Waals surface area contributed by atoms with E-state index in [4.69, 9.17) is 5.84 Å². The molecule has 1 fully saturated rings. The molecule has 1 unspecified atom stereocenters. The zero-order valence-corrected chi connectivity index (χ0v) is 9.48.